The lowest BCUT2D eigenvalue weighted by atomic mass is 10.2. The molecule has 0 aliphatic heterocycles. The molecular formula is C16H10Cl2N2O2. The Labute approximate surface area is 136 Å². The highest BCUT2D eigenvalue weighted by molar-refractivity contribution is 6.42. The highest BCUT2D eigenvalue weighted by Gasteiger charge is 2.10. The number of amides is 1. The van der Waals surface area contributed by atoms with Crippen LogP contribution in [0.3, 0.4) is 0 Å². The summed E-state index contributed by atoms with van der Waals surface area (Å²) in [5, 5.41) is 5.62. The number of halogens is 2. The number of hydrogen-bond donors (Lipinski definition) is 1. The van der Waals surface area contributed by atoms with E-state index in [-0.39, 0.29) is 5.76 Å². The Morgan fingerprint density at radius 3 is 2.68 bits per heavy atom. The van der Waals surface area contributed by atoms with Gasteiger partial charge in [0.15, 0.2) is 5.76 Å². The molecule has 0 saturated carbocycles. The second kappa shape index (κ2) is 6.22. The molecule has 0 fully saturated rings. The van der Waals surface area contributed by atoms with Gasteiger partial charge >= 0.3 is 5.91 Å². The van der Waals surface area contributed by atoms with E-state index >= 15 is 0 Å². The van der Waals surface area contributed by atoms with Crippen LogP contribution in [0.1, 0.15) is 16.1 Å². The van der Waals surface area contributed by atoms with Crippen molar-refractivity contribution in [1.29, 1.82) is 0 Å². The summed E-state index contributed by atoms with van der Waals surface area (Å²) < 4.78 is 5.44. The number of benzene rings is 2. The third-order valence-electron chi connectivity index (χ3n) is 2.97. The van der Waals surface area contributed by atoms with E-state index in [9.17, 15) is 4.79 Å². The fourth-order valence-electron chi connectivity index (χ4n) is 1.91. The van der Waals surface area contributed by atoms with Gasteiger partial charge in [0.05, 0.1) is 16.3 Å². The van der Waals surface area contributed by atoms with Crippen LogP contribution < -0.4 is 5.43 Å². The van der Waals surface area contributed by atoms with Crippen LogP contribution in [0, 0.1) is 0 Å². The number of para-hydroxylation sites is 1. The van der Waals surface area contributed by atoms with E-state index in [0.29, 0.717) is 15.6 Å². The summed E-state index contributed by atoms with van der Waals surface area (Å²) in [5.41, 5.74) is 3.78. The van der Waals surface area contributed by atoms with E-state index < -0.39 is 5.91 Å². The second-order valence-electron chi connectivity index (χ2n) is 4.52. The molecule has 22 heavy (non-hydrogen) atoms. The molecule has 1 aromatic heterocycles. The van der Waals surface area contributed by atoms with Gasteiger partial charge in [-0.15, -0.1) is 0 Å². The molecule has 0 atom stereocenters. The van der Waals surface area contributed by atoms with Gasteiger partial charge in [-0.1, -0.05) is 47.5 Å². The predicted molar refractivity (Wildman–Crippen MR) is 87.7 cm³/mol. The van der Waals surface area contributed by atoms with Gasteiger partial charge in [-0.05, 0) is 29.8 Å². The Kier molecular flexibility index (Phi) is 4.13. The van der Waals surface area contributed by atoms with Crippen molar-refractivity contribution in [2.45, 2.75) is 0 Å². The zero-order chi connectivity index (χ0) is 15.5. The van der Waals surface area contributed by atoms with E-state index in [1.54, 1.807) is 30.3 Å². The standard InChI is InChI=1S/C16H10Cl2N2O2/c17-12-6-5-10(7-13(12)18)9-19-20-16(21)15-8-11-3-1-2-4-14(11)22-15/h1-9H,(H,20,21)/b19-9+. The number of furan rings is 1. The topological polar surface area (TPSA) is 54.6 Å². The number of carbonyl (C=O) groups is 1. The van der Waals surface area contributed by atoms with Crippen molar-refractivity contribution in [3.05, 3.63) is 69.9 Å². The van der Waals surface area contributed by atoms with Gasteiger partial charge in [-0.2, -0.15) is 5.10 Å². The van der Waals surface area contributed by atoms with Crippen LogP contribution in [0.5, 0.6) is 0 Å². The third kappa shape index (κ3) is 3.13. The van der Waals surface area contributed by atoms with Crippen molar-refractivity contribution in [2.24, 2.45) is 5.10 Å². The maximum atomic E-state index is 12.0. The van der Waals surface area contributed by atoms with E-state index in [2.05, 4.69) is 10.5 Å². The van der Waals surface area contributed by atoms with Gasteiger partial charge < -0.3 is 4.42 Å². The number of nitrogens with zero attached hydrogens (tertiary/aromatic N) is 1. The molecule has 1 N–H and O–H groups in total. The van der Waals surface area contributed by atoms with Crippen LogP contribution in [0.15, 0.2) is 58.0 Å². The second-order valence-corrected chi connectivity index (χ2v) is 5.34. The monoisotopic (exact) mass is 332 g/mol. The van der Waals surface area contributed by atoms with Crippen LogP contribution >= 0.6 is 23.2 Å². The molecule has 110 valence electrons. The summed E-state index contributed by atoms with van der Waals surface area (Å²) in [7, 11) is 0. The average molecular weight is 333 g/mol. The fourth-order valence-corrected chi connectivity index (χ4v) is 2.21. The minimum absolute atomic E-state index is 0.201. The van der Waals surface area contributed by atoms with Gasteiger partial charge in [0.2, 0.25) is 0 Å². The first-order chi connectivity index (χ1) is 10.6. The van der Waals surface area contributed by atoms with Gasteiger partial charge in [-0.25, -0.2) is 5.43 Å². The van der Waals surface area contributed by atoms with Crippen molar-refractivity contribution in [3.8, 4) is 0 Å². The highest BCUT2D eigenvalue weighted by atomic mass is 35.5. The van der Waals surface area contributed by atoms with Gasteiger partial charge in [0.1, 0.15) is 5.58 Å². The van der Waals surface area contributed by atoms with Crippen molar-refractivity contribution >= 4 is 46.3 Å². The average Bonchev–Trinajstić information content (AvgIpc) is 2.95. The quantitative estimate of drug-likeness (QED) is 0.567. The van der Waals surface area contributed by atoms with Crippen LogP contribution in [-0.2, 0) is 0 Å². The van der Waals surface area contributed by atoms with E-state index in [4.69, 9.17) is 27.6 Å². The Hall–Kier alpha value is -2.30. The van der Waals surface area contributed by atoms with Gasteiger partial charge in [0.25, 0.3) is 0 Å². The van der Waals surface area contributed by atoms with Crippen LogP contribution in [0.25, 0.3) is 11.0 Å². The van der Waals surface area contributed by atoms with Crippen LogP contribution in [0.4, 0.5) is 0 Å². The summed E-state index contributed by atoms with van der Waals surface area (Å²) in [5.74, 6) is -0.222. The largest absolute Gasteiger partial charge is 0.451 e. The number of hydrazone groups is 1. The predicted octanol–water partition coefficient (Wildman–Crippen LogP) is 4.50. The Morgan fingerprint density at radius 2 is 1.91 bits per heavy atom. The smallest absolute Gasteiger partial charge is 0.307 e. The minimum atomic E-state index is -0.424. The first-order valence-corrected chi connectivity index (χ1v) is 7.16. The number of fused-ring (bicyclic) bond motifs is 1. The lowest BCUT2D eigenvalue weighted by molar-refractivity contribution is 0.0929. The molecule has 0 bridgehead atoms. The zero-order valence-electron chi connectivity index (χ0n) is 11.2. The molecule has 0 aliphatic rings. The zero-order valence-corrected chi connectivity index (χ0v) is 12.7. The third-order valence-corrected chi connectivity index (χ3v) is 3.71. The Balaban J connectivity index is 1.71. The molecule has 0 unspecified atom stereocenters. The van der Waals surface area contributed by atoms with E-state index in [1.807, 2.05) is 18.2 Å². The number of rotatable bonds is 3. The molecule has 0 aliphatic carbocycles. The number of hydrogen-bond acceptors (Lipinski definition) is 3. The minimum Gasteiger partial charge on any atom is -0.451 e. The van der Waals surface area contributed by atoms with Crippen molar-refractivity contribution < 1.29 is 9.21 Å². The lowest BCUT2D eigenvalue weighted by Crippen LogP contribution is -2.16. The molecule has 3 aromatic rings. The molecule has 4 nitrogen and oxygen atoms in total. The van der Waals surface area contributed by atoms with Gasteiger partial charge in [-0.3, -0.25) is 4.79 Å². The molecule has 1 heterocycles. The number of nitrogens with one attached hydrogen (secondary N) is 1. The Morgan fingerprint density at radius 1 is 1.09 bits per heavy atom. The first kappa shape index (κ1) is 14.6. The first-order valence-electron chi connectivity index (χ1n) is 6.40. The Bertz CT molecular complexity index is 838. The molecule has 0 spiro atoms. The summed E-state index contributed by atoms with van der Waals surface area (Å²) >= 11 is 11.7. The summed E-state index contributed by atoms with van der Waals surface area (Å²) in [6.07, 6.45) is 1.47. The maximum Gasteiger partial charge on any atom is 0.307 e. The van der Waals surface area contributed by atoms with E-state index in [0.717, 1.165) is 10.9 Å². The summed E-state index contributed by atoms with van der Waals surface area (Å²) in [4.78, 5) is 12.0. The number of carbonyl (C=O) groups excluding carboxylic acids is 1. The summed E-state index contributed by atoms with van der Waals surface area (Å²) in [6, 6.07) is 14.1. The van der Waals surface area contributed by atoms with Crippen LogP contribution in [-0.4, -0.2) is 12.1 Å². The van der Waals surface area contributed by atoms with Gasteiger partial charge in [0, 0.05) is 5.39 Å². The molecule has 2 aromatic carbocycles. The maximum absolute atomic E-state index is 12.0. The molecule has 3 rings (SSSR count). The molecule has 1 amide bonds. The molecule has 0 saturated heterocycles. The van der Waals surface area contributed by atoms with Crippen molar-refractivity contribution in [2.75, 3.05) is 0 Å². The molecule has 0 radical (unpaired) electrons. The van der Waals surface area contributed by atoms with E-state index in [1.165, 1.54) is 6.21 Å². The van der Waals surface area contributed by atoms with Crippen molar-refractivity contribution in [1.82, 2.24) is 5.43 Å². The molecule has 6 heteroatoms. The normalized spacial score (nSPS) is 11.2. The molecular weight excluding hydrogens is 323 g/mol. The van der Waals surface area contributed by atoms with Crippen LogP contribution in [0.2, 0.25) is 10.0 Å². The highest BCUT2D eigenvalue weighted by Crippen LogP contribution is 2.22. The summed E-state index contributed by atoms with van der Waals surface area (Å²) in [6.45, 7) is 0. The lowest BCUT2D eigenvalue weighted by Gasteiger charge is -1.98. The SMILES string of the molecule is O=C(N/N=C/c1ccc(Cl)c(Cl)c1)c1cc2ccccc2o1. The fraction of sp³-hybridized carbons (Fsp3) is 0. The van der Waals surface area contributed by atoms with Crippen molar-refractivity contribution in [3.63, 3.8) is 0 Å².